The predicted octanol–water partition coefficient (Wildman–Crippen LogP) is 1.85. The first-order valence-electron chi connectivity index (χ1n) is 4.92. The number of nitrogens with zero attached hydrogens (tertiary/aromatic N) is 3. The zero-order valence-electron chi connectivity index (χ0n) is 8.81. The Morgan fingerprint density at radius 2 is 2.25 bits per heavy atom. The van der Waals surface area contributed by atoms with E-state index in [4.69, 9.17) is 5.26 Å². The highest BCUT2D eigenvalue weighted by molar-refractivity contribution is 5.57. The summed E-state index contributed by atoms with van der Waals surface area (Å²) < 4.78 is 0. The molecule has 2 rings (SSSR count). The second kappa shape index (κ2) is 4.45. The fraction of sp³-hybridized carbons (Fsp3) is 0.182. The van der Waals surface area contributed by atoms with Gasteiger partial charge >= 0.3 is 0 Å². The van der Waals surface area contributed by atoms with Crippen molar-refractivity contribution in [2.45, 2.75) is 13.0 Å². The zero-order valence-corrected chi connectivity index (χ0v) is 8.81. The Labute approximate surface area is 93.1 Å². The molecular formula is C11H11N5. The average molecular weight is 213 g/mol. The lowest BCUT2D eigenvalue weighted by atomic mass is 10.2. The Morgan fingerprint density at radius 3 is 2.94 bits per heavy atom. The molecule has 1 aromatic carbocycles. The van der Waals surface area contributed by atoms with Crippen molar-refractivity contribution in [3.8, 4) is 6.07 Å². The van der Waals surface area contributed by atoms with Crippen LogP contribution in [0.2, 0.25) is 0 Å². The number of H-pyrrole nitrogens is 1. The topological polar surface area (TPSA) is 77.4 Å². The molecule has 0 spiro atoms. The monoisotopic (exact) mass is 213 g/mol. The molecule has 1 atom stereocenters. The molecule has 5 heteroatoms. The minimum absolute atomic E-state index is 0.0167. The standard InChI is InChI=1S/C11H11N5/c1-8(11-13-7-14-16-11)15-10-5-3-2-4-9(10)6-12/h2-5,7-8,15H,1H3,(H,13,14,16). The lowest BCUT2D eigenvalue weighted by Gasteiger charge is -2.13. The number of hydrogen-bond acceptors (Lipinski definition) is 4. The van der Waals surface area contributed by atoms with E-state index in [-0.39, 0.29) is 6.04 Å². The van der Waals surface area contributed by atoms with E-state index in [9.17, 15) is 0 Å². The molecule has 5 nitrogen and oxygen atoms in total. The quantitative estimate of drug-likeness (QED) is 0.815. The number of nitriles is 1. The molecule has 0 aliphatic heterocycles. The maximum Gasteiger partial charge on any atom is 0.146 e. The highest BCUT2D eigenvalue weighted by Crippen LogP contribution is 2.19. The fourth-order valence-electron chi connectivity index (χ4n) is 1.43. The summed E-state index contributed by atoms with van der Waals surface area (Å²) in [5.74, 6) is 0.743. The number of rotatable bonds is 3. The van der Waals surface area contributed by atoms with Crippen molar-refractivity contribution in [2.24, 2.45) is 0 Å². The van der Waals surface area contributed by atoms with Gasteiger partial charge in [-0.15, -0.1) is 0 Å². The van der Waals surface area contributed by atoms with Gasteiger partial charge in [0.05, 0.1) is 17.3 Å². The van der Waals surface area contributed by atoms with Crippen LogP contribution in [0.25, 0.3) is 0 Å². The van der Waals surface area contributed by atoms with Gasteiger partial charge in [0, 0.05) is 0 Å². The molecule has 2 aromatic rings. The summed E-state index contributed by atoms with van der Waals surface area (Å²) in [5.41, 5.74) is 1.42. The third kappa shape index (κ3) is 2.01. The molecule has 1 aromatic heterocycles. The Morgan fingerprint density at radius 1 is 1.44 bits per heavy atom. The van der Waals surface area contributed by atoms with Gasteiger partial charge in [-0.3, -0.25) is 5.10 Å². The van der Waals surface area contributed by atoms with E-state index in [1.54, 1.807) is 6.07 Å². The molecule has 2 N–H and O–H groups in total. The molecule has 0 aliphatic rings. The molecule has 0 amide bonds. The van der Waals surface area contributed by atoms with Crippen molar-refractivity contribution in [3.63, 3.8) is 0 Å². The van der Waals surface area contributed by atoms with Gasteiger partial charge in [-0.1, -0.05) is 12.1 Å². The van der Waals surface area contributed by atoms with Crippen LogP contribution in [0.5, 0.6) is 0 Å². The summed E-state index contributed by atoms with van der Waals surface area (Å²) in [6, 6.07) is 9.48. The summed E-state index contributed by atoms with van der Waals surface area (Å²) in [4.78, 5) is 4.06. The first kappa shape index (κ1) is 10.2. The number of aromatic nitrogens is 3. The number of aromatic amines is 1. The average Bonchev–Trinajstić information content (AvgIpc) is 2.83. The van der Waals surface area contributed by atoms with Gasteiger partial charge < -0.3 is 5.32 Å². The van der Waals surface area contributed by atoms with Crippen molar-refractivity contribution >= 4 is 5.69 Å². The summed E-state index contributed by atoms with van der Waals surface area (Å²) in [5, 5.41) is 18.7. The van der Waals surface area contributed by atoms with E-state index in [0.29, 0.717) is 5.56 Å². The van der Waals surface area contributed by atoms with Crippen molar-refractivity contribution < 1.29 is 0 Å². The summed E-state index contributed by atoms with van der Waals surface area (Å²) in [6.45, 7) is 1.95. The van der Waals surface area contributed by atoms with Crippen LogP contribution in [0.3, 0.4) is 0 Å². The molecule has 0 saturated carbocycles. The zero-order chi connectivity index (χ0) is 11.4. The SMILES string of the molecule is CC(Nc1ccccc1C#N)c1ncn[nH]1. The van der Waals surface area contributed by atoms with E-state index in [0.717, 1.165) is 11.5 Å². The number of para-hydroxylation sites is 1. The second-order valence-electron chi connectivity index (χ2n) is 3.39. The van der Waals surface area contributed by atoms with Gasteiger partial charge in [-0.25, -0.2) is 4.98 Å². The predicted molar refractivity (Wildman–Crippen MR) is 59.6 cm³/mol. The Bertz CT molecular complexity index is 497. The molecule has 0 bridgehead atoms. The number of anilines is 1. The Kier molecular flexibility index (Phi) is 2.83. The molecule has 0 aliphatic carbocycles. The Hall–Kier alpha value is -2.35. The molecule has 1 heterocycles. The first-order chi connectivity index (χ1) is 7.81. The third-order valence-electron chi connectivity index (χ3n) is 2.26. The molecule has 0 radical (unpaired) electrons. The maximum absolute atomic E-state index is 8.94. The van der Waals surface area contributed by atoms with Crippen LogP contribution in [0, 0.1) is 11.3 Å². The normalized spacial score (nSPS) is 11.8. The largest absolute Gasteiger partial charge is 0.374 e. The first-order valence-corrected chi connectivity index (χ1v) is 4.92. The molecule has 1 unspecified atom stereocenters. The number of benzene rings is 1. The minimum Gasteiger partial charge on any atom is -0.374 e. The van der Waals surface area contributed by atoms with Crippen LogP contribution < -0.4 is 5.32 Å². The van der Waals surface area contributed by atoms with Crippen LogP contribution in [-0.4, -0.2) is 15.2 Å². The molecule has 16 heavy (non-hydrogen) atoms. The van der Waals surface area contributed by atoms with E-state index in [2.05, 4.69) is 26.6 Å². The molecular weight excluding hydrogens is 202 g/mol. The molecule has 0 fully saturated rings. The Balaban J connectivity index is 2.19. The van der Waals surface area contributed by atoms with Crippen LogP contribution in [0.4, 0.5) is 5.69 Å². The highest BCUT2D eigenvalue weighted by Gasteiger charge is 2.09. The van der Waals surface area contributed by atoms with E-state index in [1.807, 2.05) is 25.1 Å². The molecule has 0 saturated heterocycles. The summed E-state index contributed by atoms with van der Waals surface area (Å²) in [7, 11) is 0. The van der Waals surface area contributed by atoms with Gasteiger partial charge in [0.15, 0.2) is 0 Å². The van der Waals surface area contributed by atoms with Crippen molar-refractivity contribution in [2.75, 3.05) is 5.32 Å². The van der Waals surface area contributed by atoms with Crippen LogP contribution >= 0.6 is 0 Å². The second-order valence-corrected chi connectivity index (χ2v) is 3.39. The summed E-state index contributed by atoms with van der Waals surface area (Å²) >= 11 is 0. The smallest absolute Gasteiger partial charge is 0.146 e. The minimum atomic E-state index is -0.0167. The highest BCUT2D eigenvalue weighted by atomic mass is 15.2. The van der Waals surface area contributed by atoms with Crippen molar-refractivity contribution in [1.29, 1.82) is 5.26 Å². The maximum atomic E-state index is 8.94. The lowest BCUT2D eigenvalue weighted by molar-refractivity contribution is 0.795. The van der Waals surface area contributed by atoms with E-state index < -0.39 is 0 Å². The van der Waals surface area contributed by atoms with Crippen LogP contribution in [0.15, 0.2) is 30.6 Å². The van der Waals surface area contributed by atoms with E-state index in [1.165, 1.54) is 6.33 Å². The lowest BCUT2D eigenvalue weighted by Crippen LogP contribution is -2.09. The third-order valence-corrected chi connectivity index (χ3v) is 2.26. The number of nitrogens with one attached hydrogen (secondary N) is 2. The fourth-order valence-corrected chi connectivity index (χ4v) is 1.43. The van der Waals surface area contributed by atoms with E-state index >= 15 is 0 Å². The van der Waals surface area contributed by atoms with Crippen LogP contribution in [-0.2, 0) is 0 Å². The van der Waals surface area contributed by atoms with Gasteiger partial charge in [0.25, 0.3) is 0 Å². The van der Waals surface area contributed by atoms with Gasteiger partial charge in [0.2, 0.25) is 0 Å². The van der Waals surface area contributed by atoms with Gasteiger partial charge in [0.1, 0.15) is 18.2 Å². The van der Waals surface area contributed by atoms with Gasteiger partial charge in [-0.05, 0) is 19.1 Å². The summed E-state index contributed by atoms with van der Waals surface area (Å²) in [6.07, 6.45) is 1.46. The van der Waals surface area contributed by atoms with Crippen molar-refractivity contribution in [1.82, 2.24) is 15.2 Å². The van der Waals surface area contributed by atoms with Gasteiger partial charge in [-0.2, -0.15) is 10.4 Å². The number of hydrogen-bond donors (Lipinski definition) is 2. The van der Waals surface area contributed by atoms with Crippen LogP contribution in [0.1, 0.15) is 24.4 Å². The van der Waals surface area contributed by atoms with Crippen molar-refractivity contribution in [3.05, 3.63) is 42.0 Å². The molecule has 80 valence electrons.